The van der Waals surface area contributed by atoms with Crippen molar-refractivity contribution in [1.82, 2.24) is 0 Å². The summed E-state index contributed by atoms with van der Waals surface area (Å²) in [5.74, 6) is 0.680. The highest BCUT2D eigenvalue weighted by molar-refractivity contribution is 9.08. The maximum atomic E-state index is 5.55. The summed E-state index contributed by atoms with van der Waals surface area (Å²) < 4.78 is 5.55. The lowest BCUT2D eigenvalue weighted by Crippen LogP contribution is -2.31. The number of nitrogens with zero attached hydrogens (tertiary/aromatic N) is 1. The van der Waals surface area contributed by atoms with E-state index in [1.54, 1.807) is 0 Å². The van der Waals surface area contributed by atoms with E-state index < -0.39 is 0 Å². The Morgan fingerprint density at radius 1 is 1.44 bits per heavy atom. The molecule has 2 rings (SSSR count). The zero-order chi connectivity index (χ0) is 13.0. The number of hydrogen-bond acceptors (Lipinski definition) is 2. The van der Waals surface area contributed by atoms with Crippen molar-refractivity contribution in [2.75, 3.05) is 31.7 Å². The summed E-state index contributed by atoms with van der Waals surface area (Å²) in [4.78, 5) is 2.37. The fourth-order valence-electron chi connectivity index (χ4n) is 2.67. The summed E-state index contributed by atoms with van der Waals surface area (Å²) in [6.07, 6.45) is 2.50. The molecule has 0 bridgehead atoms. The monoisotopic (exact) mass is 311 g/mol. The van der Waals surface area contributed by atoms with Crippen LogP contribution in [0.2, 0.25) is 0 Å². The average molecular weight is 312 g/mol. The number of benzene rings is 1. The Morgan fingerprint density at radius 3 is 2.89 bits per heavy atom. The van der Waals surface area contributed by atoms with Gasteiger partial charge in [-0.25, -0.2) is 0 Å². The van der Waals surface area contributed by atoms with E-state index in [1.807, 2.05) is 0 Å². The summed E-state index contributed by atoms with van der Waals surface area (Å²) in [5, 5.41) is 0.925. The molecule has 0 saturated carbocycles. The fourth-order valence-corrected chi connectivity index (χ4v) is 3.01. The number of aryl methyl sites for hydroxylation is 1. The summed E-state index contributed by atoms with van der Waals surface area (Å²) >= 11 is 3.50. The van der Waals surface area contributed by atoms with Crippen molar-refractivity contribution in [2.24, 2.45) is 5.92 Å². The zero-order valence-electron chi connectivity index (χ0n) is 11.3. The number of anilines is 1. The molecule has 1 unspecified atom stereocenters. The van der Waals surface area contributed by atoms with Crippen LogP contribution in [0.15, 0.2) is 18.2 Å². The molecule has 0 radical (unpaired) electrons. The predicted octanol–water partition coefficient (Wildman–Crippen LogP) is 3.75. The number of ether oxygens (including phenoxy) is 1. The third-order valence-electron chi connectivity index (χ3n) is 3.61. The lowest BCUT2D eigenvalue weighted by atomic mass is 10.0. The smallest absolute Gasteiger partial charge is 0.0511 e. The van der Waals surface area contributed by atoms with E-state index in [1.165, 1.54) is 29.7 Å². The maximum absolute atomic E-state index is 5.55. The van der Waals surface area contributed by atoms with E-state index in [4.69, 9.17) is 4.74 Å². The Morgan fingerprint density at radius 2 is 2.28 bits per heavy atom. The summed E-state index contributed by atoms with van der Waals surface area (Å²) in [5.41, 5.74) is 4.03. The van der Waals surface area contributed by atoms with E-state index >= 15 is 0 Å². The van der Waals surface area contributed by atoms with Crippen molar-refractivity contribution in [2.45, 2.75) is 25.1 Å². The minimum Gasteiger partial charge on any atom is -0.381 e. The van der Waals surface area contributed by atoms with Crippen LogP contribution in [0.4, 0.5) is 5.69 Å². The van der Waals surface area contributed by atoms with Crippen LogP contribution in [-0.2, 0) is 10.1 Å². The van der Waals surface area contributed by atoms with Crippen molar-refractivity contribution in [3.63, 3.8) is 0 Å². The molecule has 0 aliphatic carbocycles. The number of rotatable bonds is 4. The van der Waals surface area contributed by atoms with Gasteiger partial charge in [-0.2, -0.15) is 0 Å². The highest BCUT2D eigenvalue weighted by atomic mass is 79.9. The van der Waals surface area contributed by atoms with Gasteiger partial charge < -0.3 is 9.64 Å². The van der Waals surface area contributed by atoms with Gasteiger partial charge in [0.1, 0.15) is 0 Å². The molecule has 1 fully saturated rings. The molecular formula is C15H22BrNO. The van der Waals surface area contributed by atoms with Crippen LogP contribution in [0.25, 0.3) is 0 Å². The Labute approximate surface area is 118 Å². The molecule has 1 heterocycles. The van der Waals surface area contributed by atoms with Gasteiger partial charge in [-0.1, -0.05) is 28.1 Å². The van der Waals surface area contributed by atoms with E-state index in [-0.39, 0.29) is 0 Å². The molecule has 0 spiro atoms. The lowest BCUT2D eigenvalue weighted by Gasteiger charge is -2.29. The maximum Gasteiger partial charge on any atom is 0.0511 e. The standard InChI is InChI=1S/C15H22BrNO/c1-12-8-13(9-16)5-6-15(12)17(2)10-14-4-3-7-18-11-14/h5-6,8,14H,3-4,7,9-11H2,1-2H3. The summed E-state index contributed by atoms with van der Waals surface area (Å²) in [6, 6.07) is 6.69. The van der Waals surface area contributed by atoms with E-state index in [2.05, 4.69) is 53.0 Å². The third kappa shape index (κ3) is 3.48. The molecule has 1 aliphatic heterocycles. The first-order valence-electron chi connectivity index (χ1n) is 6.65. The Kier molecular flexibility index (Phi) is 5.07. The van der Waals surface area contributed by atoms with E-state index in [0.717, 1.165) is 25.1 Å². The van der Waals surface area contributed by atoms with Crippen LogP contribution in [0.5, 0.6) is 0 Å². The molecule has 1 aromatic rings. The van der Waals surface area contributed by atoms with Crippen molar-refractivity contribution < 1.29 is 4.74 Å². The normalized spacial score (nSPS) is 19.8. The van der Waals surface area contributed by atoms with Gasteiger partial charge in [0, 0.05) is 31.2 Å². The molecular weight excluding hydrogens is 290 g/mol. The molecule has 2 nitrogen and oxygen atoms in total. The second-order valence-corrected chi connectivity index (χ2v) is 5.78. The molecule has 1 aromatic carbocycles. The van der Waals surface area contributed by atoms with Gasteiger partial charge in [-0.05, 0) is 42.9 Å². The van der Waals surface area contributed by atoms with Crippen LogP contribution in [-0.4, -0.2) is 26.8 Å². The molecule has 1 atom stereocenters. The van der Waals surface area contributed by atoms with E-state index in [0.29, 0.717) is 5.92 Å². The molecule has 0 aromatic heterocycles. The van der Waals surface area contributed by atoms with Gasteiger partial charge >= 0.3 is 0 Å². The SMILES string of the molecule is Cc1cc(CBr)ccc1N(C)CC1CCCOC1. The zero-order valence-corrected chi connectivity index (χ0v) is 12.9. The molecule has 0 amide bonds. The first kappa shape index (κ1) is 13.9. The molecule has 1 saturated heterocycles. The molecule has 0 N–H and O–H groups in total. The first-order chi connectivity index (χ1) is 8.70. The van der Waals surface area contributed by atoms with Gasteiger partial charge in [0.2, 0.25) is 0 Å². The minimum absolute atomic E-state index is 0.680. The van der Waals surface area contributed by atoms with Gasteiger partial charge in [-0.3, -0.25) is 0 Å². The first-order valence-corrected chi connectivity index (χ1v) is 7.77. The molecule has 3 heteroatoms. The van der Waals surface area contributed by atoms with Crippen LogP contribution in [0.1, 0.15) is 24.0 Å². The van der Waals surface area contributed by atoms with Crippen molar-refractivity contribution in [1.29, 1.82) is 0 Å². The topological polar surface area (TPSA) is 12.5 Å². The van der Waals surface area contributed by atoms with Gasteiger partial charge in [0.15, 0.2) is 0 Å². The van der Waals surface area contributed by atoms with E-state index in [9.17, 15) is 0 Å². The third-order valence-corrected chi connectivity index (χ3v) is 4.26. The number of alkyl halides is 1. The Balaban J connectivity index is 2.01. The molecule has 18 heavy (non-hydrogen) atoms. The van der Waals surface area contributed by atoms with Gasteiger partial charge in [-0.15, -0.1) is 0 Å². The quantitative estimate of drug-likeness (QED) is 0.785. The second kappa shape index (κ2) is 6.58. The van der Waals surface area contributed by atoms with Crippen molar-refractivity contribution >= 4 is 21.6 Å². The summed E-state index contributed by atoms with van der Waals surface area (Å²) in [6.45, 7) is 5.14. The Hall–Kier alpha value is -0.540. The average Bonchev–Trinajstić information content (AvgIpc) is 2.39. The largest absolute Gasteiger partial charge is 0.381 e. The molecule has 1 aliphatic rings. The Bertz CT molecular complexity index is 388. The van der Waals surface area contributed by atoms with Crippen LogP contribution < -0.4 is 4.90 Å². The van der Waals surface area contributed by atoms with Crippen LogP contribution in [0.3, 0.4) is 0 Å². The second-order valence-electron chi connectivity index (χ2n) is 5.22. The summed E-state index contributed by atoms with van der Waals surface area (Å²) in [7, 11) is 2.19. The van der Waals surface area contributed by atoms with Crippen molar-refractivity contribution in [3.8, 4) is 0 Å². The minimum atomic E-state index is 0.680. The predicted molar refractivity (Wildman–Crippen MR) is 80.6 cm³/mol. The molecule has 100 valence electrons. The highest BCUT2D eigenvalue weighted by Gasteiger charge is 2.16. The number of hydrogen-bond donors (Lipinski definition) is 0. The van der Waals surface area contributed by atoms with Gasteiger partial charge in [0.25, 0.3) is 0 Å². The van der Waals surface area contributed by atoms with Gasteiger partial charge in [0.05, 0.1) is 6.61 Å². The van der Waals surface area contributed by atoms with Crippen LogP contribution >= 0.6 is 15.9 Å². The lowest BCUT2D eigenvalue weighted by molar-refractivity contribution is 0.0576. The van der Waals surface area contributed by atoms with Crippen LogP contribution in [0, 0.1) is 12.8 Å². The van der Waals surface area contributed by atoms with Crippen molar-refractivity contribution in [3.05, 3.63) is 29.3 Å². The number of halogens is 1. The fraction of sp³-hybridized carbons (Fsp3) is 0.600. The highest BCUT2D eigenvalue weighted by Crippen LogP contribution is 2.24.